The van der Waals surface area contributed by atoms with Gasteiger partial charge in [-0.05, 0) is 11.1 Å². The van der Waals surface area contributed by atoms with Gasteiger partial charge < -0.3 is 10.1 Å². The van der Waals surface area contributed by atoms with Gasteiger partial charge in [0.15, 0.2) is 0 Å². The maximum Gasteiger partial charge on any atom is 0.0810 e. The van der Waals surface area contributed by atoms with Crippen LogP contribution in [0.15, 0.2) is 24.3 Å². The number of morpholine rings is 1. The number of fused-ring (bicyclic) bond motifs is 3. The fraction of sp³-hybridized carbons (Fsp3) is 0.455. The fourth-order valence-corrected chi connectivity index (χ4v) is 2.38. The largest absolute Gasteiger partial charge is 0.375 e. The van der Waals surface area contributed by atoms with Crippen molar-refractivity contribution >= 4 is 0 Å². The van der Waals surface area contributed by atoms with Crippen LogP contribution in [0.3, 0.4) is 0 Å². The van der Waals surface area contributed by atoms with Crippen molar-refractivity contribution in [2.75, 3.05) is 13.2 Å². The zero-order valence-electron chi connectivity index (χ0n) is 7.49. The molecule has 1 aliphatic carbocycles. The Labute approximate surface area is 77.9 Å². The van der Waals surface area contributed by atoms with Crippen molar-refractivity contribution in [1.82, 2.24) is 5.32 Å². The molecule has 1 heterocycles. The number of hydrogen-bond donors (Lipinski definition) is 1. The smallest absolute Gasteiger partial charge is 0.0810 e. The summed E-state index contributed by atoms with van der Waals surface area (Å²) in [5.41, 5.74) is 2.89. The van der Waals surface area contributed by atoms with E-state index in [4.69, 9.17) is 4.74 Å². The van der Waals surface area contributed by atoms with E-state index in [1.165, 1.54) is 11.1 Å². The normalized spacial score (nSPS) is 31.1. The van der Waals surface area contributed by atoms with E-state index < -0.39 is 0 Å². The van der Waals surface area contributed by atoms with Crippen molar-refractivity contribution in [2.24, 2.45) is 0 Å². The van der Waals surface area contributed by atoms with Gasteiger partial charge in [-0.25, -0.2) is 0 Å². The molecule has 0 radical (unpaired) electrons. The van der Waals surface area contributed by atoms with Crippen molar-refractivity contribution in [3.05, 3.63) is 35.4 Å². The van der Waals surface area contributed by atoms with Crippen molar-refractivity contribution in [3.8, 4) is 0 Å². The molecule has 1 aromatic carbocycles. The maximum atomic E-state index is 5.72. The second-order valence-electron chi connectivity index (χ2n) is 3.74. The lowest BCUT2D eigenvalue weighted by Gasteiger charge is -2.27. The predicted molar refractivity (Wildman–Crippen MR) is 50.6 cm³/mol. The molecule has 2 nitrogen and oxygen atoms in total. The van der Waals surface area contributed by atoms with Gasteiger partial charge in [-0.2, -0.15) is 0 Å². The number of nitrogens with one attached hydrogen (secondary N) is 1. The van der Waals surface area contributed by atoms with Gasteiger partial charge in [0.25, 0.3) is 0 Å². The minimum Gasteiger partial charge on any atom is -0.375 e. The molecule has 0 spiro atoms. The van der Waals surface area contributed by atoms with Crippen LogP contribution >= 0.6 is 0 Å². The molecule has 2 heteroatoms. The summed E-state index contributed by atoms with van der Waals surface area (Å²) in [6.45, 7) is 1.84. The SMILES string of the molecule is c1ccc2c(c1)C[C@H]1OCCNC21. The third kappa shape index (κ3) is 1.10. The Morgan fingerprint density at radius 3 is 3.23 bits per heavy atom. The molecule has 3 rings (SSSR count). The first-order chi connectivity index (χ1) is 6.45. The summed E-state index contributed by atoms with van der Waals surface area (Å²) < 4.78 is 5.72. The van der Waals surface area contributed by atoms with Gasteiger partial charge >= 0.3 is 0 Å². The molecule has 0 bridgehead atoms. The lowest BCUT2D eigenvalue weighted by molar-refractivity contribution is 0.00503. The summed E-state index contributed by atoms with van der Waals surface area (Å²) in [4.78, 5) is 0. The van der Waals surface area contributed by atoms with Crippen LogP contribution in [0.4, 0.5) is 0 Å². The van der Waals surface area contributed by atoms with Gasteiger partial charge in [-0.3, -0.25) is 0 Å². The predicted octanol–water partition coefficient (Wildman–Crippen LogP) is 1.27. The number of ether oxygens (including phenoxy) is 1. The Morgan fingerprint density at radius 2 is 2.23 bits per heavy atom. The van der Waals surface area contributed by atoms with Crippen LogP contribution in [0.1, 0.15) is 17.2 Å². The van der Waals surface area contributed by atoms with Crippen LogP contribution in [0.2, 0.25) is 0 Å². The molecule has 0 amide bonds. The molecular formula is C11H13NO. The van der Waals surface area contributed by atoms with E-state index in [1.54, 1.807) is 0 Å². The van der Waals surface area contributed by atoms with Crippen molar-refractivity contribution < 1.29 is 4.74 Å². The standard InChI is InChI=1S/C11H13NO/c1-2-4-9-8(3-1)7-10-11(9)12-5-6-13-10/h1-4,10-12H,5-7H2/t10-,11?/m1/s1. The summed E-state index contributed by atoms with van der Waals surface area (Å²) in [6.07, 6.45) is 1.46. The first-order valence-corrected chi connectivity index (χ1v) is 4.88. The zero-order chi connectivity index (χ0) is 8.67. The van der Waals surface area contributed by atoms with Gasteiger partial charge in [-0.1, -0.05) is 24.3 Å². The van der Waals surface area contributed by atoms with Gasteiger partial charge in [0, 0.05) is 13.0 Å². The van der Waals surface area contributed by atoms with E-state index in [1.807, 2.05) is 0 Å². The highest BCUT2D eigenvalue weighted by Gasteiger charge is 2.34. The monoisotopic (exact) mass is 175 g/mol. The molecule has 1 unspecified atom stereocenters. The Bertz CT molecular complexity index is 324. The van der Waals surface area contributed by atoms with E-state index in [0.29, 0.717) is 12.1 Å². The first-order valence-electron chi connectivity index (χ1n) is 4.88. The third-order valence-electron chi connectivity index (χ3n) is 2.98. The number of rotatable bonds is 0. The van der Waals surface area contributed by atoms with Crippen LogP contribution in [-0.2, 0) is 11.2 Å². The molecule has 1 aromatic rings. The van der Waals surface area contributed by atoms with Crippen LogP contribution in [0.25, 0.3) is 0 Å². The molecule has 1 fully saturated rings. The molecule has 68 valence electrons. The Balaban J connectivity index is 2.01. The quantitative estimate of drug-likeness (QED) is 0.641. The molecule has 0 aromatic heterocycles. The highest BCUT2D eigenvalue weighted by molar-refractivity contribution is 5.36. The van der Waals surface area contributed by atoms with E-state index in [2.05, 4.69) is 29.6 Å². The van der Waals surface area contributed by atoms with Crippen molar-refractivity contribution in [3.63, 3.8) is 0 Å². The first kappa shape index (κ1) is 7.54. The molecule has 1 aliphatic heterocycles. The lowest BCUT2D eigenvalue weighted by atomic mass is 10.1. The van der Waals surface area contributed by atoms with E-state index in [9.17, 15) is 0 Å². The third-order valence-corrected chi connectivity index (χ3v) is 2.98. The number of benzene rings is 1. The highest BCUT2D eigenvalue weighted by Crippen LogP contribution is 2.34. The summed E-state index contributed by atoms with van der Waals surface area (Å²) in [7, 11) is 0. The molecule has 1 saturated heterocycles. The van der Waals surface area contributed by atoms with Crippen molar-refractivity contribution in [2.45, 2.75) is 18.6 Å². The Morgan fingerprint density at radius 1 is 1.31 bits per heavy atom. The maximum absolute atomic E-state index is 5.72. The molecular weight excluding hydrogens is 162 g/mol. The number of hydrogen-bond acceptors (Lipinski definition) is 2. The highest BCUT2D eigenvalue weighted by atomic mass is 16.5. The summed E-state index contributed by atoms with van der Waals surface area (Å²) in [5, 5.41) is 3.51. The fourth-order valence-electron chi connectivity index (χ4n) is 2.38. The average Bonchev–Trinajstić information content (AvgIpc) is 2.56. The van der Waals surface area contributed by atoms with Gasteiger partial charge in [0.1, 0.15) is 0 Å². The second-order valence-corrected chi connectivity index (χ2v) is 3.74. The van der Waals surface area contributed by atoms with Crippen LogP contribution in [0, 0.1) is 0 Å². The summed E-state index contributed by atoms with van der Waals surface area (Å²) in [6, 6.07) is 9.08. The summed E-state index contributed by atoms with van der Waals surface area (Å²) >= 11 is 0. The van der Waals surface area contributed by atoms with E-state index in [0.717, 1.165) is 19.6 Å². The van der Waals surface area contributed by atoms with Crippen molar-refractivity contribution in [1.29, 1.82) is 0 Å². The minimum absolute atomic E-state index is 0.381. The van der Waals surface area contributed by atoms with Crippen LogP contribution in [-0.4, -0.2) is 19.3 Å². The topological polar surface area (TPSA) is 21.3 Å². The van der Waals surface area contributed by atoms with Crippen LogP contribution < -0.4 is 5.32 Å². The Kier molecular flexibility index (Phi) is 1.64. The summed E-state index contributed by atoms with van der Waals surface area (Å²) in [5.74, 6) is 0. The van der Waals surface area contributed by atoms with Crippen LogP contribution in [0.5, 0.6) is 0 Å². The second kappa shape index (κ2) is 2.82. The lowest BCUT2D eigenvalue weighted by Crippen LogP contribution is -2.39. The van der Waals surface area contributed by atoms with Gasteiger partial charge in [-0.15, -0.1) is 0 Å². The Hall–Kier alpha value is -0.860. The average molecular weight is 175 g/mol. The molecule has 13 heavy (non-hydrogen) atoms. The molecule has 0 saturated carbocycles. The molecule has 2 aliphatic rings. The van der Waals surface area contributed by atoms with Gasteiger partial charge in [0.2, 0.25) is 0 Å². The van der Waals surface area contributed by atoms with E-state index >= 15 is 0 Å². The zero-order valence-corrected chi connectivity index (χ0v) is 7.49. The molecule has 2 atom stereocenters. The van der Waals surface area contributed by atoms with E-state index in [-0.39, 0.29) is 0 Å². The minimum atomic E-state index is 0.381. The van der Waals surface area contributed by atoms with Gasteiger partial charge in [0.05, 0.1) is 18.8 Å². The molecule has 1 N–H and O–H groups in total.